The number of hydrogen-bond donors (Lipinski definition) is 0. The van der Waals surface area contributed by atoms with Crippen LogP contribution in [0.4, 0.5) is 13.6 Å². The Morgan fingerprint density at radius 2 is 1.93 bits per heavy atom. The molecular weight excluding hydrogens is 370 g/mol. The number of piperidine rings is 1. The van der Waals surface area contributed by atoms with Crippen LogP contribution in [0.5, 0.6) is 5.75 Å². The van der Waals surface area contributed by atoms with Crippen molar-refractivity contribution in [2.75, 3.05) is 19.6 Å². The molecule has 8 heteroatoms. The molecule has 6 nitrogen and oxygen atoms in total. The number of rotatable bonds is 3. The van der Waals surface area contributed by atoms with Crippen molar-refractivity contribution in [3.05, 3.63) is 29.8 Å². The number of nitrogens with zero attached hydrogens (tertiary/aromatic N) is 2. The Labute approximate surface area is 163 Å². The van der Waals surface area contributed by atoms with E-state index in [0.717, 1.165) is 6.42 Å². The largest absolute Gasteiger partial charge is 0.444 e. The van der Waals surface area contributed by atoms with E-state index in [9.17, 15) is 18.4 Å². The van der Waals surface area contributed by atoms with Gasteiger partial charge in [-0.15, -0.1) is 0 Å². The van der Waals surface area contributed by atoms with Crippen molar-refractivity contribution in [2.24, 2.45) is 5.92 Å². The summed E-state index contributed by atoms with van der Waals surface area (Å²) in [6.07, 6.45) is 1.17. The summed E-state index contributed by atoms with van der Waals surface area (Å²) in [7, 11) is 0. The summed E-state index contributed by atoms with van der Waals surface area (Å²) in [5, 5.41) is 0. The van der Waals surface area contributed by atoms with E-state index in [1.165, 1.54) is 18.2 Å². The Bertz CT molecular complexity index is 735. The van der Waals surface area contributed by atoms with Gasteiger partial charge in [-0.1, -0.05) is 6.07 Å². The lowest BCUT2D eigenvalue weighted by Crippen LogP contribution is -2.50. The predicted octanol–water partition coefficient (Wildman–Crippen LogP) is 3.76. The Balaban J connectivity index is 1.63. The summed E-state index contributed by atoms with van der Waals surface area (Å²) >= 11 is 0. The van der Waals surface area contributed by atoms with Gasteiger partial charge in [0.15, 0.2) is 0 Å². The molecule has 0 aliphatic carbocycles. The SMILES string of the molecule is CC(C)(C)OC(=O)N1CC[C@@H]2CN(C(=O)c3cccc(OC(F)F)c3)CC[C@H]21. The normalized spacial score (nSPS) is 22.2. The minimum Gasteiger partial charge on any atom is -0.444 e. The zero-order valence-electron chi connectivity index (χ0n) is 16.4. The number of fused-ring (bicyclic) bond motifs is 1. The van der Waals surface area contributed by atoms with Gasteiger partial charge in [0.05, 0.1) is 0 Å². The van der Waals surface area contributed by atoms with E-state index in [2.05, 4.69) is 4.74 Å². The van der Waals surface area contributed by atoms with E-state index >= 15 is 0 Å². The van der Waals surface area contributed by atoms with Crippen LogP contribution in [0.2, 0.25) is 0 Å². The summed E-state index contributed by atoms with van der Waals surface area (Å²) in [5.74, 6) is -0.0627. The maximum atomic E-state index is 12.8. The van der Waals surface area contributed by atoms with E-state index < -0.39 is 12.2 Å². The third-order valence-corrected chi connectivity index (χ3v) is 5.06. The van der Waals surface area contributed by atoms with E-state index in [1.807, 2.05) is 20.8 Å². The zero-order valence-corrected chi connectivity index (χ0v) is 16.4. The quantitative estimate of drug-likeness (QED) is 0.781. The lowest BCUT2D eigenvalue weighted by Gasteiger charge is -2.38. The molecule has 3 rings (SSSR count). The molecule has 0 N–H and O–H groups in total. The predicted molar refractivity (Wildman–Crippen MR) is 98.4 cm³/mol. The van der Waals surface area contributed by atoms with Crippen molar-refractivity contribution < 1.29 is 27.8 Å². The average Bonchev–Trinajstić information content (AvgIpc) is 3.02. The Hall–Kier alpha value is -2.38. The Morgan fingerprint density at radius 3 is 2.61 bits per heavy atom. The minimum absolute atomic E-state index is 0.0345. The van der Waals surface area contributed by atoms with E-state index in [0.29, 0.717) is 31.6 Å². The van der Waals surface area contributed by atoms with Gasteiger partial charge < -0.3 is 19.3 Å². The molecular formula is C20H26F2N2O4. The average molecular weight is 396 g/mol. The number of carbonyl (C=O) groups excluding carboxylic acids is 2. The van der Waals surface area contributed by atoms with Gasteiger partial charge in [-0.2, -0.15) is 8.78 Å². The first kappa shape index (κ1) is 20.4. The van der Waals surface area contributed by atoms with Crippen LogP contribution in [0.1, 0.15) is 44.0 Å². The van der Waals surface area contributed by atoms with Gasteiger partial charge >= 0.3 is 12.7 Å². The third-order valence-electron chi connectivity index (χ3n) is 5.06. The molecule has 0 bridgehead atoms. The molecule has 28 heavy (non-hydrogen) atoms. The fraction of sp³-hybridized carbons (Fsp3) is 0.600. The molecule has 2 aliphatic heterocycles. The number of halogens is 2. The molecule has 2 heterocycles. The van der Waals surface area contributed by atoms with Crippen molar-refractivity contribution in [3.8, 4) is 5.75 Å². The second kappa shape index (κ2) is 7.93. The van der Waals surface area contributed by atoms with Crippen LogP contribution < -0.4 is 4.74 Å². The van der Waals surface area contributed by atoms with Crippen molar-refractivity contribution in [1.29, 1.82) is 0 Å². The molecule has 0 saturated carbocycles. The molecule has 1 aromatic carbocycles. The lowest BCUT2D eigenvalue weighted by atomic mass is 9.92. The van der Waals surface area contributed by atoms with Crippen LogP contribution in [0.3, 0.4) is 0 Å². The third kappa shape index (κ3) is 4.72. The van der Waals surface area contributed by atoms with Gasteiger partial charge in [-0.05, 0) is 57.7 Å². The molecule has 1 aromatic rings. The molecule has 0 radical (unpaired) electrons. The van der Waals surface area contributed by atoms with Crippen LogP contribution in [-0.4, -0.2) is 59.7 Å². The molecule has 2 fully saturated rings. The molecule has 2 saturated heterocycles. The van der Waals surface area contributed by atoms with E-state index in [-0.39, 0.29) is 29.7 Å². The van der Waals surface area contributed by atoms with E-state index in [4.69, 9.17) is 4.74 Å². The van der Waals surface area contributed by atoms with Crippen molar-refractivity contribution in [3.63, 3.8) is 0 Å². The van der Waals surface area contributed by atoms with Gasteiger partial charge in [-0.3, -0.25) is 4.79 Å². The highest BCUT2D eigenvalue weighted by atomic mass is 19.3. The van der Waals surface area contributed by atoms with Gasteiger partial charge in [-0.25, -0.2) is 4.79 Å². The van der Waals surface area contributed by atoms with Gasteiger partial charge in [0.1, 0.15) is 11.4 Å². The number of ether oxygens (including phenoxy) is 2. The van der Waals surface area contributed by atoms with Crippen LogP contribution in [0, 0.1) is 5.92 Å². The van der Waals surface area contributed by atoms with Gasteiger partial charge in [0, 0.05) is 31.2 Å². The Morgan fingerprint density at radius 1 is 1.18 bits per heavy atom. The fourth-order valence-electron chi connectivity index (χ4n) is 3.90. The highest BCUT2D eigenvalue weighted by Gasteiger charge is 2.42. The van der Waals surface area contributed by atoms with Crippen molar-refractivity contribution in [2.45, 2.75) is 51.9 Å². The van der Waals surface area contributed by atoms with E-state index in [1.54, 1.807) is 15.9 Å². The van der Waals surface area contributed by atoms with Gasteiger partial charge in [0.2, 0.25) is 0 Å². The first-order chi connectivity index (χ1) is 13.1. The first-order valence-corrected chi connectivity index (χ1v) is 9.48. The van der Waals surface area contributed by atoms with Crippen LogP contribution >= 0.6 is 0 Å². The molecule has 0 spiro atoms. The second-order valence-corrected chi connectivity index (χ2v) is 8.24. The van der Waals surface area contributed by atoms with Crippen molar-refractivity contribution >= 4 is 12.0 Å². The maximum absolute atomic E-state index is 12.8. The number of alkyl halides is 2. The number of benzene rings is 1. The highest BCUT2D eigenvalue weighted by Crippen LogP contribution is 2.33. The summed E-state index contributed by atoms with van der Waals surface area (Å²) in [6, 6.07) is 5.91. The number of amides is 2. The smallest absolute Gasteiger partial charge is 0.410 e. The molecule has 0 unspecified atom stereocenters. The first-order valence-electron chi connectivity index (χ1n) is 9.48. The number of carbonyl (C=O) groups is 2. The fourth-order valence-corrected chi connectivity index (χ4v) is 3.90. The topological polar surface area (TPSA) is 59.1 Å². The maximum Gasteiger partial charge on any atom is 0.410 e. The standard InChI is InChI=1S/C20H26F2N2O4/c1-20(2,3)28-19(26)24-10-7-14-12-23(9-8-16(14)24)17(25)13-5-4-6-15(11-13)27-18(21)22/h4-6,11,14,16,18H,7-10,12H2,1-3H3/t14-,16-/m1/s1. The summed E-state index contributed by atoms with van der Waals surface area (Å²) < 4.78 is 34.7. The number of hydrogen-bond acceptors (Lipinski definition) is 4. The molecule has 2 aliphatic rings. The Kier molecular flexibility index (Phi) is 5.76. The summed E-state index contributed by atoms with van der Waals surface area (Å²) in [4.78, 5) is 28.7. The molecule has 2 atom stereocenters. The monoisotopic (exact) mass is 396 g/mol. The van der Waals surface area contributed by atoms with Crippen LogP contribution in [-0.2, 0) is 4.74 Å². The van der Waals surface area contributed by atoms with Crippen LogP contribution in [0.25, 0.3) is 0 Å². The minimum atomic E-state index is -2.93. The number of likely N-dealkylation sites (tertiary alicyclic amines) is 2. The second-order valence-electron chi connectivity index (χ2n) is 8.24. The molecule has 2 amide bonds. The van der Waals surface area contributed by atoms with Crippen molar-refractivity contribution in [1.82, 2.24) is 9.80 Å². The zero-order chi connectivity index (χ0) is 20.5. The molecule has 0 aromatic heterocycles. The summed E-state index contributed by atoms with van der Waals surface area (Å²) in [6.45, 7) is 4.23. The molecule has 154 valence electrons. The van der Waals surface area contributed by atoms with Gasteiger partial charge in [0.25, 0.3) is 5.91 Å². The summed E-state index contributed by atoms with van der Waals surface area (Å²) in [5.41, 5.74) is -0.226. The highest BCUT2D eigenvalue weighted by molar-refractivity contribution is 5.94. The lowest BCUT2D eigenvalue weighted by molar-refractivity contribution is -0.0499. The van der Waals surface area contributed by atoms with Crippen LogP contribution in [0.15, 0.2) is 24.3 Å².